The maximum Gasteiger partial charge on any atom is 0.255 e. The first-order chi connectivity index (χ1) is 8.68. The summed E-state index contributed by atoms with van der Waals surface area (Å²) >= 11 is 0. The number of amides is 1. The number of nitrogens with zero attached hydrogens (tertiary/aromatic N) is 1. The highest BCUT2D eigenvalue weighted by Crippen LogP contribution is 2.19. The summed E-state index contributed by atoms with van der Waals surface area (Å²) in [5.41, 5.74) is 6.12. The SMILES string of the molecule is CC(NC(=O)c1cccnc1N)C1CCOCC1. The Hall–Kier alpha value is -1.62. The summed E-state index contributed by atoms with van der Waals surface area (Å²) in [6, 6.07) is 3.53. The third-order valence-corrected chi connectivity index (χ3v) is 3.41. The summed E-state index contributed by atoms with van der Waals surface area (Å²) < 4.78 is 5.32. The van der Waals surface area contributed by atoms with Crippen molar-refractivity contribution in [3.05, 3.63) is 23.9 Å². The predicted octanol–water partition coefficient (Wildman–Crippen LogP) is 1.21. The van der Waals surface area contributed by atoms with Gasteiger partial charge in [-0.15, -0.1) is 0 Å². The molecule has 18 heavy (non-hydrogen) atoms. The van der Waals surface area contributed by atoms with Gasteiger partial charge in [-0.25, -0.2) is 4.98 Å². The van der Waals surface area contributed by atoms with E-state index in [4.69, 9.17) is 10.5 Å². The molecule has 0 bridgehead atoms. The quantitative estimate of drug-likeness (QED) is 0.844. The molecule has 2 rings (SSSR count). The minimum Gasteiger partial charge on any atom is -0.383 e. The lowest BCUT2D eigenvalue weighted by atomic mass is 9.93. The fraction of sp³-hybridized carbons (Fsp3) is 0.538. The van der Waals surface area contributed by atoms with E-state index in [2.05, 4.69) is 10.3 Å². The number of hydrogen-bond donors (Lipinski definition) is 2. The van der Waals surface area contributed by atoms with Crippen molar-refractivity contribution < 1.29 is 9.53 Å². The van der Waals surface area contributed by atoms with Crippen LogP contribution in [0.4, 0.5) is 5.82 Å². The molecule has 1 amide bonds. The van der Waals surface area contributed by atoms with Crippen molar-refractivity contribution in [2.75, 3.05) is 18.9 Å². The summed E-state index contributed by atoms with van der Waals surface area (Å²) in [6.07, 6.45) is 3.56. The molecule has 1 fully saturated rings. The Morgan fingerprint density at radius 3 is 2.94 bits per heavy atom. The van der Waals surface area contributed by atoms with Crippen LogP contribution in [0.2, 0.25) is 0 Å². The lowest BCUT2D eigenvalue weighted by Gasteiger charge is -2.28. The zero-order valence-corrected chi connectivity index (χ0v) is 10.6. The molecule has 2 heterocycles. The second kappa shape index (κ2) is 5.82. The van der Waals surface area contributed by atoms with Gasteiger partial charge in [-0.05, 0) is 37.8 Å². The van der Waals surface area contributed by atoms with Gasteiger partial charge >= 0.3 is 0 Å². The van der Waals surface area contributed by atoms with Gasteiger partial charge in [0.2, 0.25) is 0 Å². The van der Waals surface area contributed by atoms with E-state index >= 15 is 0 Å². The second-order valence-corrected chi connectivity index (χ2v) is 4.65. The highest BCUT2D eigenvalue weighted by molar-refractivity contribution is 5.98. The molecule has 1 atom stereocenters. The zero-order chi connectivity index (χ0) is 13.0. The van der Waals surface area contributed by atoms with Crippen LogP contribution in [0.25, 0.3) is 0 Å². The number of anilines is 1. The maximum atomic E-state index is 12.1. The standard InChI is InChI=1S/C13H19N3O2/c1-9(10-4-7-18-8-5-10)16-13(17)11-3-2-6-15-12(11)14/h2-3,6,9-10H,4-5,7-8H2,1H3,(H2,14,15)(H,16,17). The fourth-order valence-electron chi connectivity index (χ4n) is 2.23. The van der Waals surface area contributed by atoms with Gasteiger partial charge in [-0.3, -0.25) is 4.79 Å². The van der Waals surface area contributed by atoms with Crippen LogP contribution in [0, 0.1) is 5.92 Å². The van der Waals surface area contributed by atoms with Gasteiger partial charge < -0.3 is 15.8 Å². The van der Waals surface area contributed by atoms with Crippen molar-refractivity contribution in [2.24, 2.45) is 5.92 Å². The number of rotatable bonds is 3. The molecular formula is C13H19N3O2. The van der Waals surface area contributed by atoms with E-state index in [1.807, 2.05) is 6.92 Å². The monoisotopic (exact) mass is 249 g/mol. The van der Waals surface area contributed by atoms with E-state index in [1.54, 1.807) is 18.3 Å². The van der Waals surface area contributed by atoms with Crippen LogP contribution < -0.4 is 11.1 Å². The maximum absolute atomic E-state index is 12.1. The van der Waals surface area contributed by atoms with E-state index in [-0.39, 0.29) is 17.8 Å². The number of aromatic nitrogens is 1. The van der Waals surface area contributed by atoms with Crippen LogP contribution >= 0.6 is 0 Å². The number of nitrogens with one attached hydrogen (secondary N) is 1. The summed E-state index contributed by atoms with van der Waals surface area (Å²) in [5, 5.41) is 2.99. The van der Waals surface area contributed by atoms with E-state index in [9.17, 15) is 4.79 Å². The Balaban J connectivity index is 1.96. The van der Waals surface area contributed by atoms with Gasteiger partial charge in [-0.1, -0.05) is 0 Å². The summed E-state index contributed by atoms with van der Waals surface area (Å²) in [7, 11) is 0. The molecule has 0 saturated carbocycles. The molecule has 0 aliphatic carbocycles. The average Bonchev–Trinajstić information content (AvgIpc) is 2.40. The molecule has 0 spiro atoms. The molecule has 1 aromatic rings. The lowest BCUT2D eigenvalue weighted by molar-refractivity contribution is 0.0538. The number of carbonyl (C=O) groups excluding carboxylic acids is 1. The Morgan fingerprint density at radius 2 is 2.28 bits per heavy atom. The third-order valence-electron chi connectivity index (χ3n) is 3.41. The topological polar surface area (TPSA) is 77.2 Å². The molecule has 1 aliphatic rings. The molecule has 1 saturated heterocycles. The van der Waals surface area contributed by atoms with Gasteiger partial charge in [-0.2, -0.15) is 0 Å². The van der Waals surface area contributed by atoms with Gasteiger partial charge in [0.25, 0.3) is 5.91 Å². The van der Waals surface area contributed by atoms with Crippen LogP contribution in [0.3, 0.4) is 0 Å². The number of hydrogen-bond acceptors (Lipinski definition) is 4. The molecule has 3 N–H and O–H groups in total. The average molecular weight is 249 g/mol. The first-order valence-electron chi connectivity index (χ1n) is 6.27. The van der Waals surface area contributed by atoms with Crippen LogP contribution in [-0.2, 0) is 4.74 Å². The van der Waals surface area contributed by atoms with Gasteiger partial charge in [0.1, 0.15) is 5.82 Å². The zero-order valence-electron chi connectivity index (χ0n) is 10.6. The Morgan fingerprint density at radius 1 is 1.56 bits per heavy atom. The minimum absolute atomic E-state index is 0.126. The molecular weight excluding hydrogens is 230 g/mol. The molecule has 1 aliphatic heterocycles. The first kappa shape index (κ1) is 12.8. The van der Waals surface area contributed by atoms with Crippen LogP contribution in [-0.4, -0.2) is 30.1 Å². The highest BCUT2D eigenvalue weighted by atomic mass is 16.5. The van der Waals surface area contributed by atoms with Gasteiger partial charge in [0.15, 0.2) is 0 Å². The highest BCUT2D eigenvalue weighted by Gasteiger charge is 2.22. The molecule has 1 unspecified atom stereocenters. The molecule has 98 valence electrons. The predicted molar refractivity (Wildman–Crippen MR) is 69.1 cm³/mol. The van der Waals surface area contributed by atoms with Crippen molar-refractivity contribution in [3.63, 3.8) is 0 Å². The first-order valence-corrected chi connectivity index (χ1v) is 6.27. The molecule has 0 aromatic carbocycles. The number of pyridine rings is 1. The number of nitrogen functional groups attached to an aromatic ring is 1. The molecule has 1 aromatic heterocycles. The van der Waals surface area contributed by atoms with E-state index in [1.165, 1.54) is 0 Å². The largest absolute Gasteiger partial charge is 0.383 e. The van der Waals surface area contributed by atoms with E-state index < -0.39 is 0 Å². The van der Waals surface area contributed by atoms with Crippen LogP contribution in [0.5, 0.6) is 0 Å². The van der Waals surface area contributed by atoms with Crippen molar-refractivity contribution >= 4 is 11.7 Å². The van der Waals surface area contributed by atoms with Gasteiger partial charge in [0, 0.05) is 25.5 Å². The summed E-state index contributed by atoms with van der Waals surface area (Å²) in [4.78, 5) is 16.0. The molecule has 5 heteroatoms. The van der Waals surface area contributed by atoms with E-state index in [0.717, 1.165) is 26.1 Å². The van der Waals surface area contributed by atoms with Crippen molar-refractivity contribution in [2.45, 2.75) is 25.8 Å². The van der Waals surface area contributed by atoms with Gasteiger partial charge in [0.05, 0.1) is 5.56 Å². The Labute approximate surface area is 107 Å². The minimum atomic E-state index is -0.153. The smallest absolute Gasteiger partial charge is 0.255 e. The van der Waals surface area contributed by atoms with Crippen LogP contribution in [0.1, 0.15) is 30.1 Å². The fourth-order valence-corrected chi connectivity index (χ4v) is 2.23. The molecule has 0 radical (unpaired) electrons. The van der Waals surface area contributed by atoms with Crippen molar-refractivity contribution in [1.82, 2.24) is 10.3 Å². The number of ether oxygens (including phenoxy) is 1. The Bertz CT molecular complexity index is 416. The Kier molecular flexibility index (Phi) is 4.15. The molecule has 5 nitrogen and oxygen atoms in total. The lowest BCUT2D eigenvalue weighted by Crippen LogP contribution is -2.40. The normalized spacial score (nSPS) is 18.3. The number of carbonyl (C=O) groups is 1. The summed E-state index contributed by atoms with van der Waals surface area (Å²) in [5.74, 6) is 0.592. The third kappa shape index (κ3) is 2.98. The van der Waals surface area contributed by atoms with E-state index in [0.29, 0.717) is 11.5 Å². The van der Waals surface area contributed by atoms with Crippen LogP contribution in [0.15, 0.2) is 18.3 Å². The van der Waals surface area contributed by atoms with Crippen molar-refractivity contribution in [3.8, 4) is 0 Å². The second-order valence-electron chi connectivity index (χ2n) is 4.65. The number of nitrogens with two attached hydrogens (primary N) is 1. The van der Waals surface area contributed by atoms with Crippen molar-refractivity contribution in [1.29, 1.82) is 0 Å². The summed E-state index contributed by atoms with van der Waals surface area (Å²) in [6.45, 7) is 3.58.